The summed E-state index contributed by atoms with van der Waals surface area (Å²) in [6.07, 6.45) is 5.15. The first-order valence-electron chi connectivity index (χ1n) is 9.71. The fourth-order valence-electron chi connectivity index (χ4n) is 3.61. The van der Waals surface area contributed by atoms with E-state index in [0.29, 0.717) is 23.0 Å². The Morgan fingerprint density at radius 2 is 1.83 bits per heavy atom. The van der Waals surface area contributed by atoms with Crippen LogP contribution in [-0.4, -0.2) is 44.8 Å². The molecule has 2 aromatic heterocycles. The molecular formula is C21H23ClN6O. The standard InChI is InChI=1S/C21H23ClN6O/c1-15-18(19(22)28(26-15)14-16-6-3-2-4-7-16)20(29)25-17-8-12-27(13-9-17)21-23-10-5-11-24-21/h2-7,10-11,17H,8-9,12-14H2,1H3,(H,25,29). The Balaban J connectivity index is 1.39. The third-order valence-electron chi connectivity index (χ3n) is 5.13. The van der Waals surface area contributed by atoms with E-state index in [1.807, 2.05) is 37.3 Å². The predicted octanol–water partition coefficient (Wildman–Crippen LogP) is 3.08. The molecule has 1 aliphatic heterocycles. The smallest absolute Gasteiger partial charge is 0.256 e. The second-order valence-electron chi connectivity index (χ2n) is 7.18. The fourth-order valence-corrected chi connectivity index (χ4v) is 3.93. The first kappa shape index (κ1) is 19.4. The quantitative estimate of drug-likeness (QED) is 0.699. The van der Waals surface area contributed by atoms with Crippen LogP contribution in [0.1, 0.15) is 34.5 Å². The normalized spacial score (nSPS) is 14.8. The molecular weight excluding hydrogens is 388 g/mol. The number of carbonyl (C=O) groups is 1. The number of nitrogens with one attached hydrogen (secondary N) is 1. The van der Waals surface area contributed by atoms with Gasteiger partial charge in [-0.15, -0.1) is 0 Å². The second kappa shape index (κ2) is 8.61. The Kier molecular flexibility index (Phi) is 5.76. The molecule has 1 N–H and O–H groups in total. The van der Waals surface area contributed by atoms with E-state index < -0.39 is 0 Å². The molecule has 0 bridgehead atoms. The summed E-state index contributed by atoms with van der Waals surface area (Å²) in [4.78, 5) is 23.6. The van der Waals surface area contributed by atoms with Crippen LogP contribution >= 0.6 is 11.6 Å². The summed E-state index contributed by atoms with van der Waals surface area (Å²) >= 11 is 6.51. The molecule has 0 atom stereocenters. The van der Waals surface area contributed by atoms with Crippen LogP contribution in [0.15, 0.2) is 48.8 Å². The van der Waals surface area contributed by atoms with Crippen molar-refractivity contribution in [3.05, 3.63) is 70.8 Å². The highest BCUT2D eigenvalue weighted by atomic mass is 35.5. The summed E-state index contributed by atoms with van der Waals surface area (Å²) in [6.45, 7) is 3.95. The van der Waals surface area contributed by atoms with E-state index in [0.717, 1.165) is 37.4 Å². The van der Waals surface area contributed by atoms with Gasteiger partial charge in [-0.3, -0.25) is 4.79 Å². The van der Waals surface area contributed by atoms with Gasteiger partial charge in [0.15, 0.2) is 0 Å². The summed E-state index contributed by atoms with van der Waals surface area (Å²) in [6, 6.07) is 11.8. The third kappa shape index (κ3) is 4.40. The summed E-state index contributed by atoms with van der Waals surface area (Å²) in [5.41, 5.74) is 2.18. The van der Waals surface area contributed by atoms with Crippen molar-refractivity contribution in [2.24, 2.45) is 0 Å². The molecule has 4 rings (SSSR count). The van der Waals surface area contributed by atoms with Crippen LogP contribution in [0.5, 0.6) is 0 Å². The number of amides is 1. The number of anilines is 1. The van der Waals surface area contributed by atoms with Gasteiger partial charge in [0.2, 0.25) is 5.95 Å². The zero-order valence-corrected chi connectivity index (χ0v) is 17.0. The molecule has 1 aromatic carbocycles. The average Bonchev–Trinajstić information content (AvgIpc) is 3.03. The molecule has 8 heteroatoms. The van der Waals surface area contributed by atoms with Crippen LogP contribution in [-0.2, 0) is 6.54 Å². The minimum Gasteiger partial charge on any atom is -0.349 e. The molecule has 0 spiro atoms. The number of piperidine rings is 1. The summed E-state index contributed by atoms with van der Waals surface area (Å²) in [5.74, 6) is 0.569. The van der Waals surface area contributed by atoms with Gasteiger partial charge < -0.3 is 10.2 Å². The van der Waals surface area contributed by atoms with E-state index in [1.54, 1.807) is 23.1 Å². The van der Waals surface area contributed by atoms with Crippen molar-refractivity contribution < 1.29 is 4.79 Å². The van der Waals surface area contributed by atoms with Crippen molar-refractivity contribution in [2.45, 2.75) is 32.4 Å². The van der Waals surface area contributed by atoms with Gasteiger partial charge in [0.05, 0.1) is 17.8 Å². The highest BCUT2D eigenvalue weighted by Gasteiger charge is 2.26. The van der Waals surface area contributed by atoms with Gasteiger partial charge in [0.25, 0.3) is 5.91 Å². The number of aromatic nitrogens is 4. The van der Waals surface area contributed by atoms with Gasteiger partial charge in [0.1, 0.15) is 5.15 Å². The summed E-state index contributed by atoms with van der Waals surface area (Å²) < 4.78 is 1.68. The number of aryl methyl sites for hydroxylation is 1. The molecule has 1 saturated heterocycles. The van der Waals surface area contributed by atoms with Crippen LogP contribution in [0, 0.1) is 6.92 Å². The first-order chi connectivity index (χ1) is 14.1. The Morgan fingerprint density at radius 3 is 2.52 bits per heavy atom. The van der Waals surface area contributed by atoms with Crippen molar-refractivity contribution in [3.8, 4) is 0 Å². The average molecular weight is 411 g/mol. The predicted molar refractivity (Wildman–Crippen MR) is 112 cm³/mol. The lowest BCUT2D eigenvalue weighted by Crippen LogP contribution is -2.45. The Bertz CT molecular complexity index is 968. The maximum Gasteiger partial charge on any atom is 0.256 e. The highest BCUT2D eigenvalue weighted by Crippen LogP contribution is 2.22. The van der Waals surface area contributed by atoms with Crippen molar-refractivity contribution >= 4 is 23.5 Å². The van der Waals surface area contributed by atoms with Gasteiger partial charge >= 0.3 is 0 Å². The molecule has 3 heterocycles. The second-order valence-corrected chi connectivity index (χ2v) is 7.54. The number of hydrogen-bond acceptors (Lipinski definition) is 5. The largest absolute Gasteiger partial charge is 0.349 e. The lowest BCUT2D eigenvalue weighted by Gasteiger charge is -2.32. The SMILES string of the molecule is Cc1nn(Cc2ccccc2)c(Cl)c1C(=O)NC1CCN(c2ncccn2)CC1. The first-order valence-corrected chi connectivity index (χ1v) is 10.1. The van der Waals surface area contributed by atoms with Gasteiger partial charge in [-0.2, -0.15) is 5.10 Å². The Morgan fingerprint density at radius 1 is 1.14 bits per heavy atom. The number of halogens is 1. The van der Waals surface area contributed by atoms with Gasteiger partial charge in [-0.05, 0) is 31.4 Å². The molecule has 29 heavy (non-hydrogen) atoms. The lowest BCUT2D eigenvalue weighted by atomic mass is 10.0. The van der Waals surface area contributed by atoms with Crippen molar-refractivity contribution in [1.82, 2.24) is 25.1 Å². The molecule has 0 radical (unpaired) electrons. The number of carbonyl (C=O) groups excluding carboxylic acids is 1. The van der Waals surface area contributed by atoms with Crippen molar-refractivity contribution in [2.75, 3.05) is 18.0 Å². The molecule has 0 aliphatic carbocycles. The maximum absolute atomic E-state index is 12.9. The van der Waals surface area contributed by atoms with Crippen LogP contribution < -0.4 is 10.2 Å². The van der Waals surface area contributed by atoms with E-state index in [4.69, 9.17) is 11.6 Å². The molecule has 3 aromatic rings. The molecule has 0 unspecified atom stereocenters. The number of nitrogens with zero attached hydrogens (tertiary/aromatic N) is 5. The van der Waals surface area contributed by atoms with Crippen LogP contribution in [0.25, 0.3) is 0 Å². The van der Waals surface area contributed by atoms with E-state index in [2.05, 4.69) is 25.3 Å². The van der Waals surface area contributed by atoms with Gasteiger partial charge in [0, 0.05) is 31.5 Å². The zero-order chi connectivity index (χ0) is 20.2. The zero-order valence-electron chi connectivity index (χ0n) is 16.3. The molecule has 7 nitrogen and oxygen atoms in total. The van der Waals surface area contributed by atoms with Crippen molar-refractivity contribution in [3.63, 3.8) is 0 Å². The molecule has 1 aliphatic rings. The lowest BCUT2D eigenvalue weighted by molar-refractivity contribution is 0.0930. The topological polar surface area (TPSA) is 75.9 Å². The summed E-state index contributed by atoms with van der Waals surface area (Å²) in [5, 5.41) is 7.97. The minimum absolute atomic E-state index is 0.0930. The van der Waals surface area contributed by atoms with Crippen LogP contribution in [0.2, 0.25) is 5.15 Å². The van der Waals surface area contributed by atoms with E-state index in [1.165, 1.54) is 0 Å². The Labute approximate surface area is 174 Å². The van der Waals surface area contributed by atoms with Gasteiger partial charge in [-0.1, -0.05) is 41.9 Å². The number of benzene rings is 1. The van der Waals surface area contributed by atoms with E-state index in [9.17, 15) is 4.79 Å². The number of hydrogen-bond donors (Lipinski definition) is 1. The van der Waals surface area contributed by atoms with Gasteiger partial charge in [-0.25, -0.2) is 14.6 Å². The monoisotopic (exact) mass is 410 g/mol. The molecule has 1 fully saturated rings. The molecule has 0 saturated carbocycles. The van der Waals surface area contributed by atoms with E-state index >= 15 is 0 Å². The Hall–Kier alpha value is -2.93. The van der Waals surface area contributed by atoms with E-state index in [-0.39, 0.29) is 11.9 Å². The molecule has 1 amide bonds. The maximum atomic E-state index is 12.9. The van der Waals surface area contributed by atoms with Crippen LogP contribution in [0.3, 0.4) is 0 Å². The molecule has 150 valence electrons. The highest BCUT2D eigenvalue weighted by molar-refractivity contribution is 6.33. The third-order valence-corrected chi connectivity index (χ3v) is 5.52. The number of rotatable bonds is 5. The fraction of sp³-hybridized carbons (Fsp3) is 0.333. The minimum atomic E-state index is -0.166. The van der Waals surface area contributed by atoms with Crippen LogP contribution in [0.4, 0.5) is 5.95 Å². The summed E-state index contributed by atoms with van der Waals surface area (Å²) in [7, 11) is 0. The van der Waals surface area contributed by atoms with Crippen molar-refractivity contribution in [1.29, 1.82) is 0 Å².